The first-order valence-corrected chi connectivity index (χ1v) is 7.68. The SMILES string of the molecule is O=S(=O)([O-])CCCCCCOc1ccsc1.[Na+]. The van der Waals surface area contributed by atoms with E-state index in [1.165, 1.54) is 0 Å². The Kier molecular flexibility index (Phi) is 9.58. The molecular weight excluding hydrogens is 271 g/mol. The van der Waals surface area contributed by atoms with Crippen molar-refractivity contribution >= 4 is 21.5 Å². The van der Waals surface area contributed by atoms with Gasteiger partial charge in [0.05, 0.1) is 16.7 Å². The van der Waals surface area contributed by atoms with Crippen molar-refractivity contribution in [3.05, 3.63) is 16.8 Å². The topological polar surface area (TPSA) is 66.4 Å². The Morgan fingerprint density at radius 2 is 1.94 bits per heavy atom. The number of thiophene rings is 1. The van der Waals surface area contributed by atoms with Crippen LogP contribution in [-0.4, -0.2) is 25.3 Å². The van der Waals surface area contributed by atoms with Crippen molar-refractivity contribution in [1.29, 1.82) is 0 Å². The Labute approximate surface area is 128 Å². The maximum atomic E-state index is 10.3. The quantitative estimate of drug-likeness (QED) is 0.358. The van der Waals surface area contributed by atoms with E-state index in [0.717, 1.165) is 25.0 Å². The number of ether oxygens (including phenoxy) is 1. The van der Waals surface area contributed by atoms with E-state index in [9.17, 15) is 13.0 Å². The molecule has 7 heteroatoms. The van der Waals surface area contributed by atoms with Crippen LogP contribution in [0.1, 0.15) is 25.7 Å². The first-order valence-electron chi connectivity index (χ1n) is 5.16. The predicted molar refractivity (Wildman–Crippen MR) is 62.8 cm³/mol. The third-order valence-electron chi connectivity index (χ3n) is 2.05. The van der Waals surface area contributed by atoms with E-state index in [0.29, 0.717) is 13.0 Å². The molecule has 0 aromatic carbocycles. The van der Waals surface area contributed by atoms with Crippen LogP contribution >= 0.6 is 11.3 Å². The fourth-order valence-electron chi connectivity index (χ4n) is 1.26. The molecule has 0 atom stereocenters. The van der Waals surface area contributed by atoms with Crippen molar-refractivity contribution in [1.82, 2.24) is 0 Å². The van der Waals surface area contributed by atoms with Crippen molar-refractivity contribution in [3.63, 3.8) is 0 Å². The van der Waals surface area contributed by atoms with Gasteiger partial charge in [-0.3, -0.25) is 0 Å². The summed E-state index contributed by atoms with van der Waals surface area (Å²) in [5, 5.41) is 3.89. The normalized spacial score (nSPS) is 10.9. The van der Waals surface area contributed by atoms with Crippen LogP contribution in [0.3, 0.4) is 0 Å². The Morgan fingerprint density at radius 1 is 1.24 bits per heavy atom. The van der Waals surface area contributed by atoms with Gasteiger partial charge in [0.2, 0.25) is 0 Å². The summed E-state index contributed by atoms with van der Waals surface area (Å²) < 4.78 is 36.3. The fourth-order valence-corrected chi connectivity index (χ4v) is 2.39. The zero-order chi connectivity index (χ0) is 11.9. The third-order valence-corrected chi connectivity index (χ3v) is 3.50. The van der Waals surface area contributed by atoms with Crippen LogP contribution in [0.5, 0.6) is 5.75 Å². The minimum atomic E-state index is -4.03. The maximum Gasteiger partial charge on any atom is 1.00 e. The molecule has 0 saturated carbocycles. The van der Waals surface area contributed by atoms with Crippen molar-refractivity contribution in [3.8, 4) is 5.75 Å². The summed E-state index contributed by atoms with van der Waals surface area (Å²) in [6.45, 7) is 0.640. The predicted octanol–water partition coefficient (Wildman–Crippen LogP) is -0.763. The van der Waals surface area contributed by atoms with Gasteiger partial charge in [0.25, 0.3) is 0 Å². The van der Waals surface area contributed by atoms with E-state index in [2.05, 4.69) is 0 Å². The molecule has 17 heavy (non-hydrogen) atoms. The molecule has 0 bridgehead atoms. The molecule has 0 aliphatic rings. The van der Waals surface area contributed by atoms with Crippen LogP contribution in [0.25, 0.3) is 0 Å². The van der Waals surface area contributed by atoms with E-state index >= 15 is 0 Å². The Morgan fingerprint density at radius 3 is 2.53 bits per heavy atom. The largest absolute Gasteiger partial charge is 1.00 e. The van der Waals surface area contributed by atoms with Gasteiger partial charge in [-0.1, -0.05) is 12.8 Å². The summed E-state index contributed by atoms with van der Waals surface area (Å²) in [4.78, 5) is 0. The van der Waals surface area contributed by atoms with E-state index in [1.54, 1.807) is 11.3 Å². The zero-order valence-corrected chi connectivity index (χ0v) is 13.6. The van der Waals surface area contributed by atoms with Gasteiger partial charge in [-0.15, -0.1) is 11.3 Å². The molecule has 0 amide bonds. The molecular formula is C10H15NaO4S2. The number of rotatable bonds is 8. The second kappa shape index (κ2) is 9.35. The molecule has 0 aliphatic carbocycles. The number of hydrogen-bond acceptors (Lipinski definition) is 5. The second-order valence-electron chi connectivity index (χ2n) is 3.48. The number of hydrogen-bond donors (Lipinski definition) is 0. The Balaban J connectivity index is 0.00000256. The standard InChI is InChI=1S/C10H16O4S2.Na/c11-16(12,13)8-4-2-1-3-6-14-10-5-7-15-9-10;/h5,7,9H,1-4,6,8H2,(H,11,12,13);/q;+1/p-1. The zero-order valence-electron chi connectivity index (χ0n) is 9.92. The van der Waals surface area contributed by atoms with Crippen LogP contribution in [0.4, 0.5) is 0 Å². The molecule has 1 aromatic heterocycles. The molecule has 1 aromatic rings. The molecule has 0 spiro atoms. The summed E-state index contributed by atoms with van der Waals surface area (Å²) in [6.07, 6.45) is 2.98. The minimum absolute atomic E-state index is 0. The van der Waals surface area contributed by atoms with E-state index in [4.69, 9.17) is 4.74 Å². The first-order chi connectivity index (χ1) is 7.58. The molecule has 1 rings (SSSR count). The van der Waals surface area contributed by atoms with Gasteiger partial charge in [-0.25, -0.2) is 8.42 Å². The molecule has 92 valence electrons. The van der Waals surface area contributed by atoms with Crippen LogP contribution < -0.4 is 34.3 Å². The molecule has 1 heterocycles. The molecule has 0 fully saturated rings. The van der Waals surface area contributed by atoms with E-state index in [1.807, 2.05) is 16.8 Å². The first kappa shape index (κ1) is 17.4. The second-order valence-corrected chi connectivity index (χ2v) is 5.79. The molecule has 0 unspecified atom stereocenters. The average Bonchev–Trinajstić information content (AvgIpc) is 2.67. The third kappa shape index (κ3) is 10.1. The molecule has 4 nitrogen and oxygen atoms in total. The van der Waals surface area contributed by atoms with Gasteiger partial charge in [0.15, 0.2) is 0 Å². The van der Waals surface area contributed by atoms with Gasteiger partial charge in [-0.2, -0.15) is 0 Å². The van der Waals surface area contributed by atoms with Crippen LogP contribution in [0.15, 0.2) is 16.8 Å². The molecule has 0 N–H and O–H groups in total. The Bertz CT molecular complexity index is 375. The van der Waals surface area contributed by atoms with Gasteiger partial charge in [0, 0.05) is 11.1 Å². The van der Waals surface area contributed by atoms with Gasteiger partial charge in [0.1, 0.15) is 5.75 Å². The summed E-state index contributed by atoms with van der Waals surface area (Å²) in [5.74, 6) is 0.630. The van der Waals surface area contributed by atoms with Crippen LogP contribution in [0.2, 0.25) is 0 Å². The van der Waals surface area contributed by atoms with E-state index in [-0.39, 0.29) is 35.3 Å². The van der Waals surface area contributed by atoms with Crippen molar-refractivity contribution in [2.75, 3.05) is 12.4 Å². The van der Waals surface area contributed by atoms with Crippen LogP contribution in [-0.2, 0) is 10.1 Å². The maximum absolute atomic E-state index is 10.3. The summed E-state index contributed by atoms with van der Waals surface area (Å²) in [5.41, 5.74) is 0. The summed E-state index contributed by atoms with van der Waals surface area (Å²) in [6, 6.07) is 1.91. The molecule has 0 aliphatic heterocycles. The Hall–Kier alpha value is 0.410. The number of unbranched alkanes of at least 4 members (excludes halogenated alkanes) is 3. The van der Waals surface area contributed by atoms with Gasteiger partial charge >= 0.3 is 29.6 Å². The molecule has 0 saturated heterocycles. The van der Waals surface area contributed by atoms with Crippen LogP contribution in [0, 0.1) is 0 Å². The van der Waals surface area contributed by atoms with Gasteiger partial charge in [-0.05, 0) is 24.3 Å². The van der Waals surface area contributed by atoms with Crippen molar-refractivity contribution in [2.45, 2.75) is 25.7 Å². The summed E-state index contributed by atoms with van der Waals surface area (Å²) in [7, 11) is -4.03. The van der Waals surface area contributed by atoms with E-state index < -0.39 is 10.1 Å². The average molecular weight is 286 g/mol. The van der Waals surface area contributed by atoms with Crippen molar-refractivity contribution < 1.29 is 47.3 Å². The smallest absolute Gasteiger partial charge is 0.748 e. The van der Waals surface area contributed by atoms with Crippen molar-refractivity contribution in [2.24, 2.45) is 0 Å². The summed E-state index contributed by atoms with van der Waals surface area (Å²) >= 11 is 1.59. The minimum Gasteiger partial charge on any atom is -0.748 e. The molecule has 0 radical (unpaired) electrons. The fraction of sp³-hybridized carbons (Fsp3) is 0.600. The monoisotopic (exact) mass is 286 g/mol. The van der Waals surface area contributed by atoms with Gasteiger partial charge < -0.3 is 9.29 Å².